The van der Waals surface area contributed by atoms with Crippen LogP contribution in [0, 0.1) is 0 Å². The Kier molecular flexibility index (Phi) is 6.49. The SMILES string of the molecule is COc1ccc(C[N+](C)(C)C2CCCCC2)cc1OC.[OH-]. The molecule has 4 heteroatoms. The molecule has 0 heterocycles. The highest BCUT2D eigenvalue weighted by Crippen LogP contribution is 2.31. The Bertz CT molecular complexity index is 440. The number of nitrogens with zero attached hydrogens (tertiary/aromatic N) is 1. The first-order chi connectivity index (χ1) is 9.56. The number of methoxy groups -OCH3 is 2. The van der Waals surface area contributed by atoms with Crippen molar-refractivity contribution in [1.29, 1.82) is 0 Å². The van der Waals surface area contributed by atoms with Crippen molar-refractivity contribution in [2.24, 2.45) is 0 Å². The van der Waals surface area contributed by atoms with Crippen molar-refractivity contribution >= 4 is 0 Å². The highest BCUT2D eigenvalue weighted by molar-refractivity contribution is 5.42. The molecule has 4 nitrogen and oxygen atoms in total. The summed E-state index contributed by atoms with van der Waals surface area (Å²) in [4.78, 5) is 0. The molecule has 1 aliphatic carbocycles. The van der Waals surface area contributed by atoms with E-state index >= 15 is 0 Å². The molecule has 0 aliphatic heterocycles. The quantitative estimate of drug-likeness (QED) is 0.782. The van der Waals surface area contributed by atoms with Crippen LogP contribution in [0.1, 0.15) is 37.7 Å². The average molecular weight is 295 g/mol. The highest BCUT2D eigenvalue weighted by Gasteiger charge is 2.30. The van der Waals surface area contributed by atoms with E-state index in [0.29, 0.717) is 0 Å². The van der Waals surface area contributed by atoms with Crippen molar-refractivity contribution in [1.82, 2.24) is 0 Å². The van der Waals surface area contributed by atoms with Crippen LogP contribution in [-0.2, 0) is 6.54 Å². The normalized spacial score (nSPS) is 16.2. The monoisotopic (exact) mass is 295 g/mol. The molecule has 1 aromatic rings. The Balaban J connectivity index is 0.00000220. The van der Waals surface area contributed by atoms with Crippen molar-refractivity contribution in [2.45, 2.75) is 44.7 Å². The Morgan fingerprint density at radius 3 is 2.19 bits per heavy atom. The maximum Gasteiger partial charge on any atom is 0.161 e. The van der Waals surface area contributed by atoms with Crippen molar-refractivity contribution in [3.63, 3.8) is 0 Å². The van der Waals surface area contributed by atoms with E-state index in [2.05, 4.69) is 26.2 Å². The van der Waals surface area contributed by atoms with Gasteiger partial charge in [0.25, 0.3) is 0 Å². The molecule has 2 rings (SSSR count). The number of hydrogen-bond donors (Lipinski definition) is 0. The molecule has 1 N–H and O–H groups in total. The zero-order chi connectivity index (χ0) is 14.6. The van der Waals surface area contributed by atoms with E-state index in [1.807, 2.05) is 6.07 Å². The molecule has 0 saturated heterocycles. The molecule has 1 aliphatic rings. The predicted molar refractivity (Wildman–Crippen MR) is 84.2 cm³/mol. The fourth-order valence-corrected chi connectivity index (χ4v) is 3.36. The van der Waals surface area contributed by atoms with Gasteiger partial charge in [-0.3, -0.25) is 0 Å². The minimum atomic E-state index is 0. The smallest absolute Gasteiger partial charge is 0.161 e. The van der Waals surface area contributed by atoms with Crippen molar-refractivity contribution < 1.29 is 19.4 Å². The molecule has 120 valence electrons. The van der Waals surface area contributed by atoms with Crippen LogP contribution in [0.2, 0.25) is 0 Å². The Hall–Kier alpha value is -1.26. The van der Waals surface area contributed by atoms with Gasteiger partial charge in [0.15, 0.2) is 11.5 Å². The molecule has 0 aromatic heterocycles. The van der Waals surface area contributed by atoms with Gasteiger partial charge in [-0.2, -0.15) is 0 Å². The van der Waals surface area contributed by atoms with E-state index in [9.17, 15) is 0 Å². The maximum absolute atomic E-state index is 5.40. The third-order valence-corrected chi connectivity index (χ3v) is 4.60. The van der Waals surface area contributed by atoms with Gasteiger partial charge in [-0.25, -0.2) is 0 Å². The number of quaternary nitrogens is 1. The summed E-state index contributed by atoms with van der Waals surface area (Å²) in [5.74, 6) is 1.63. The number of benzene rings is 1. The summed E-state index contributed by atoms with van der Waals surface area (Å²) in [5, 5.41) is 0. The lowest BCUT2D eigenvalue weighted by molar-refractivity contribution is -0.929. The van der Waals surface area contributed by atoms with Crippen molar-refractivity contribution in [3.05, 3.63) is 23.8 Å². The Morgan fingerprint density at radius 2 is 1.62 bits per heavy atom. The van der Waals surface area contributed by atoms with Crippen LogP contribution >= 0.6 is 0 Å². The molecule has 1 fully saturated rings. The first-order valence-corrected chi connectivity index (χ1v) is 7.60. The van der Waals surface area contributed by atoms with Crippen LogP contribution in [0.25, 0.3) is 0 Å². The third kappa shape index (κ3) is 4.35. The second-order valence-corrected chi connectivity index (χ2v) is 6.42. The summed E-state index contributed by atoms with van der Waals surface area (Å²) in [6.45, 7) is 1.05. The molecule has 21 heavy (non-hydrogen) atoms. The summed E-state index contributed by atoms with van der Waals surface area (Å²) in [7, 11) is 8.09. The zero-order valence-electron chi connectivity index (χ0n) is 13.8. The van der Waals surface area contributed by atoms with Gasteiger partial charge in [0.05, 0.1) is 34.4 Å². The van der Waals surface area contributed by atoms with Crippen molar-refractivity contribution in [2.75, 3.05) is 28.3 Å². The fourth-order valence-electron chi connectivity index (χ4n) is 3.36. The largest absolute Gasteiger partial charge is 0.870 e. The highest BCUT2D eigenvalue weighted by atomic mass is 16.5. The number of rotatable bonds is 5. The van der Waals surface area contributed by atoms with Crippen LogP contribution < -0.4 is 9.47 Å². The maximum atomic E-state index is 5.40. The molecule has 1 aromatic carbocycles. The number of ether oxygens (including phenoxy) is 2. The fraction of sp³-hybridized carbons (Fsp3) is 0.647. The number of hydrogen-bond acceptors (Lipinski definition) is 3. The minimum absolute atomic E-state index is 0. The summed E-state index contributed by atoms with van der Waals surface area (Å²) in [6, 6.07) is 7.07. The van der Waals surface area contributed by atoms with Gasteiger partial charge >= 0.3 is 0 Å². The van der Waals surface area contributed by atoms with Gasteiger partial charge in [0, 0.05) is 5.56 Å². The summed E-state index contributed by atoms with van der Waals surface area (Å²) >= 11 is 0. The summed E-state index contributed by atoms with van der Waals surface area (Å²) in [5.41, 5.74) is 1.32. The van der Waals surface area contributed by atoms with Crippen LogP contribution in [0.5, 0.6) is 11.5 Å². The van der Waals surface area contributed by atoms with E-state index < -0.39 is 0 Å². The Labute approximate surface area is 128 Å². The lowest BCUT2D eigenvalue weighted by Crippen LogP contribution is -2.48. The molecule has 0 atom stereocenters. The van der Waals surface area contributed by atoms with Crippen molar-refractivity contribution in [3.8, 4) is 11.5 Å². The molecule has 0 radical (unpaired) electrons. The second kappa shape index (κ2) is 7.66. The molecule has 0 unspecified atom stereocenters. The minimum Gasteiger partial charge on any atom is -0.870 e. The molecule has 0 bridgehead atoms. The lowest BCUT2D eigenvalue weighted by Gasteiger charge is -2.40. The van der Waals surface area contributed by atoms with Gasteiger partial charge in [-0.15, -0.1) is 0 Å². The Morgan fingerprint density at radius 1 is 1.00 bits per heavy atom. The van der Waals surface area contributed by atoms with E-state index in [4.69, 9.17) is 9.47 Å². The van der Waals surface area contributed by atoms with E-state index in [-0.39, 0.29) is 5.48 Å². The molecule has 0 spiro atoms. The van der Waals surface area contributed by atoms with E-state index in [1.165, 1.54) is 37.7 Å². The topological polar surface area (TPSA) is 48.5 Å². The van der Waals surface area contributed by atoms with Crippen LogP contribution in [0.4, 0.5) is 0 Å². The first kappa shape index (κ1) is 17.8. The standard InChI is InChI=1S/C17H28NO2.H2O/c1-18(2,15-8-6-5-7-9-15)13-14-10-11-16(19-3)17(12-14)20-4;/h10-12,15H,5-9,13H2,1-4H3;1H2/q+1;/p-1. The van der Waals surface area contributed by atoms with Gasteiger partial charge in [0.1, 0.15) is 6.54 Å². The van der Waals surface area contributed by atoms with E-state index in [1.54, 1.807) is 14.2 Å². The van der Waals surface area contributed by atoms with Crippen LogP contribution in [-0.4, -0.2) is 44.3 Å². The van der Waals surface area contributed by atoms with E-state index in [0.717, 1.165) is 28.6 Å². The molecular weight excluding hydrogens is 266 g/mol. The first-order valence-electron chi connectivity index (χ1n) is 7.60. The lowest BCUT2D eigenvalue weighted by atomic mass is 9.92. The summed E-state index contributed by atoms with van der Waals surface area (Å²) < 4.78 is 11.8. The average Bonchev–Trinajstić information content (AvgIpc) is 2.47. The van der Waals surface area contributed by atoms with Gasteiger partial charge in [-0.1, -0.05) is 6.42 Å². The second-order valence-electron chi connectivity index (χ2n) is 6.42. The third-order valence-electron chi connectivity index (χ3n) is 4.60. The zero-order valence-corrected chi connectivity index (χ0v) is 13.8. The van der Waals surface area contributed by atoms with Crippen LogP contribution in [0.3, 0.4) is 0 Å². The predicted octanol–water partition coefficient (Wildman–Crippen LogP) is 3.44. The molecule has 0 amide bonds. The van der Waals surface area contributed by atoms with Gasteiger partial charge in [0.2, 0.25) is 0 Å². The van der Waals surface area contributed by atoms with Gasteiger partial charge in [-0.05, 0) is 43.9 Å². The summed E-state index contributed by atoms with van der Waals surface area (Å²) in [6.07, 6.45) is 6.91. The van der Waals surface area contributed by atoms with Gasteiger partial charge < -0.3 is 19.4 Å². The van der Waals surface area contributed by atoms with Crippen LogP contribution in [0.15, 0.2) is 18.2 Å². The molecular formula is C17H29NO3. The molecule has 1 saturated carbocycles.